The molecule has 1 fully saturated rings. The summed E-state index contributed by atoms with van der Waals surface area (Å²) in [4.78, 5) is 23.1. The fourth-order valence-corrected chi connectivity index (χ4v) is 5.64. The van der Waals surface area contributed by atoms with Crippen molar-refractivity contribution in [3.05, 3.63) is 23.0 Å². The molecule has 0 radical (unpaired) electrons. The highest BCUT2D eigenvalue weighted by atomic mass is 28.4. The van der Waals surface area contributed by atoms with Gasteiger partial charge in [0, 0.05) is 0 Å². The predicted octanol–water partition coefficient (Wildman–Crippen LogP) is 3.79. The van der Waals surface area contributed by atoms with Gasteiger partial charge in [0.1, 0.15) is 18.3 Å². The Hall–Kier alpha value is -1.38. The number of hydrogen-bond donors (Lipinski definition) is 2. The molecule has 1 aliphatic rings. The Morgan fingerprint density at radius 2 is 1.70 bits per heavy atom. The minimum absolute atomic E-state index is 0.0355. The van der Waals surface area contributed by atoms with E-state index < -0.39 is 41.2 Å². The lowest BCUT2D eigenvalue weighted by atomic mass is 10.1. The highest BCUT2D eigenvalue weighted by molar-refractivity contribution is 6.74. The van der Waals surface area contributed by atoms with Crippen LogP contribution in [0.3, 0.4) is 0 Å². The van der Waals surface area contributed by atoms with Gasteiger partial charge in [0.2, 0.25) is 0 Å². The average molecular weight is 497 g/mol. The third-order valence-electron chi connectivity index (χ3n) is 7.60. The van der Waals surface area contributed by atoms with Crippen LogP contribution >= 0.6 is 0 Å². The van der Waals surface area contributed by atoms with E-state index in [1.807, 2.05) is 0 Å². The molecular formula is C22H40N4O5Si2. The van der Waals surface area contributed by atoms with E-state index in [1.165, 1.54) is 12.7 Å². The number of nitrogens with one attached hydrogen (secondary N) is 1. The van der Waals surface area contributed by atoms with Crippen molar-refractivity contribution in [2.45, 2.75) is 102 Å². The minimum Gasteiger partial charge on any atom is -0.414 e. The van der Waals surface area contributed by atoms with Gasteiger partial charge in [-0.3, -0.25) is 9.36 Å². The van der Waals surface area contributed by atoms with Gasteiger partial charge in [0.15, 0.2) is 34.0 Å². The van der Waals surface area contributed by atoms with Crippen LogP contribution in [0.1, 0.15) is 47.8 Å². The number of aliphatic hydroxyl groups excluding tert-OH is 1. The Morgan fingerprint density at radius 3 is 2.27 bits per heavy atom. The highest BCUT2D eigenvalue weighted by Gasteiger charge is 2.51. The Balaban J connectivity index is 1.95. The molecule has 2 aromatic heterocycles. The lowest BCUT2D eigenvalue weighted by Crippen LogP contribution is -2.51. The molecule has 33 heavy (non-hydrogen) atoms. The number of hydrogen-bond acceptors (Lipinski definition) is 7. The number of nitrogens with zero attached hydrogens (tertiary/aromatic N) is 3. The smallest absolute Gasteiger partial charge is 0.278 e. The first kappa shape index (κ1) is 26.2. The van der Waals surface area contributed by atoms with E-state index >= 15 is 0 Å². The number of imidazole rings is 1. The number of aromatic amines is 1. The van der Waals surface area contributed by atoms with Crippen LogP contribution in [0.2, 0.25) is 36.3 Å². The van der Waals surface area contributed by atoms with Gasteiger partial charge < -0.3 is 23.7 Å². The van der Waals surface area contributed by atoms with Crippen LogP contribution in [0.5, 0.6) is 0 Å². The summed E-state index contributed by atoms with van der Waals surface area (Å²) in [5.41, 5.74) is 0.231. The monoisotopic (exact) mass is 496 g/mol. The Kier molecular flexibility index (Phi) is 6.90. The number of H-pyrrole nitrogens is 1. The predicted molar refractivity (Wildman–Crippen MR) is 133 cm³/mol. The van der Waals surface area contributed by atoms with Crippen molar-refractivity contribution in [1.29, 1.82) is 0 Å². The van der Waals surface area contributed by atoms with E-state index in [-0.39, 0.29) is 21.2 Å². The molecule has 0 saturated carbocycles. The van der Waals surface area contributed by atoms with Crippen molar-refractivity contribution in [1.82, 2.24) is 19.5 Å². The second-order valence-electron chi connectivity index (χ2n) is 12.0. The first-order chi connectivity index (χ1) is 15.0. The molecule has 2 aromatic rings. The number of ether oxygens (including phenoxy) is 1. The number of aliphatic hydroxyl groups is 1. The summed E-state index contributed by atoms with van der Waals surface area (Å²) in [6, 6.07) is 0. The first-order valence-electron chi connectivity index (χ1n) is 11.5. The molecule has 2 N–H and O–H groups in total. The van der Waals surface area contributed by atoms with Gasteiger partial charge in [-0.05, 0) is 36.3 Å². The van der Waals surface area contributed by atoms with E-state index in [0.717, 1.165) is 0 Å². The van der Waals surface area contributed by atoms with Crippen LogP contribution < -0.4 is 5.56 Å². The molecular weight excluding hydrogens is 456 g/mol. The van der Waals surface area contributed by atoms with Crippen molar-refractivity contribution < 1.29 is 18.7 Å². The van der Waals surface area contributed by atoms with Gasteiger partial charge >= 0.3 is 0 Å². The number of rotatable bonds is 6. The molecule has 11 heteroatoms. The summed E-state index contributed by atoms with van der Waals surface area (Å²) < 4.78 is 21.1. The summed E-state index contributed by atoms with van der Waals surface area (Å²) in [5.74, 6) is 0. The van der Waals surface area contributed by atoms with Crippen LogP contribution in [0.25, 0.3) is 11.2 Å². The quantitative estimate of drug-likeness (QED) is 0.585. The third-order valence-corrected chi connectivity index (χ3v) is 16.6. The van der Waals surface area contributed by atoms with Crippen molar-refractivity contribution in [3.8, 4) is 0 Å². The molecule has 186 valence electrons. The second-order valence-corrected chi connectivity index (χ2v) is 21.6. The Bertz CT molecular complexity index is 1040. The fourth-order valence-electron chi connectivity index (χ4n) is 3.30. The van der Waals surface area contributed by atoms with E-state index in [4.69, 9.17) is 13.6 Å². The van der Waals surface area contributed by atoms with Gasteiger partial charge in [-0.1, -0.05) is 41.5 Å². The fraction of sp³-hybridized carbons (Fsp3) is 0.773. The SMILES string of the molecule is CC(C)(C)[Si](C)(C)OC[C@H]1O[C@@H](n2cnc3c(=O)[nH]cnc32)[C@H](O)[C@@H]1O[Si](C)(C)C(C)(C)C. The van der Waals surface area contributed by atoms with E-state index in [1.54, 1.807) is 4.57 Å². The van der Waals surface area contributed by atoms with Crippen LogP contribution in [-0.4, -0.2) is 66.2 Å². The van der Waals surface area contributed by atoms with Gasteiger partial charge in [-0.2, -0.15) is 0 Å². The topological polar surface area (TPSA) is 111 Å². The summed E-state index contributed by atoms with van der Waals surface area (Å²) in [5, 5.41) is 11.4. The highest BCUT2D eigenvalue weighted by Crippen LogP contribution is 2.42. The zero-order valence-corrected chi connectivity index (χ0v) is 23.6. The lowest BCUT2D eigenvalue weighted by molar-refractivity contribution is -0.0487. The van der Waals surface area contributed by atoms with Crippen molar-refractivity contribution in [3.63, 3.8) is 0 Å². The maximum Gasteiger partial charge on any atom is 0.278 e. The average Bonchev–Trinajstić information content (AvgIpc) is 3.21. The van der Waals surface area contributed by atoms with Crippen LogP contribution in [0.4, 0.5) is 0 Å². The van der Waals surface area contributed by atoms with E-state index in [9.17, 15) is 9.90 Å². The van der Waals surface area contributed by atoms with Crippen LogP contribution in [0, 0.1) is 0 Å². The normalized spacial score (nSPS) is 25.2. The largest absolute Gasteiger partial charge is 0.414 e. The van der Waals surface area contributed by atoms with Crippen LogP contribution in [0.15, 0.2) is 17.4 Å². The van der Waals surface area contributed by atoms with Crippen molar-refractivity contribution in [2.75, 3.05) is 6.61 Å². The Labute approximate surface area is 198 Å². The molecule has 1 saturated heterocycles. The van der Waals surface area contributed by atoms with Crippen molar-refractivity contribution in [2.24, 2.45) is 0 Å². The zero-order valence-electron chi connectivity index (χ0n) is 21.6. The molecule has 9 nitrogen and oxygen atoms in total. The summed E-state index contributed by atoms with van der Waals surface area (Å²) >= 11 is 0. The standard InChI is InChI=1S/C22H40N4O5Si2/c1-21(2,3)32(7,8)29-11-14-17(31-33(9,10)22(4,5)6)16(27)20(30-14)26-13-25-15-18(26)23-12-24-19(15)28/h12-14,16-17,20,27H,11H2,1-10H3,(H,23,24,28)/t14-,16-,17-,20-/m1/s1. The van der Waals surface area contributed by atoms with Crippen molar-refractivity contribution >= 4 is 27.8 Å². The molecule has 0 aliphatic carbocycles. The zero-order chi connectivity index (χ0) is 25.0. The molecule has 0 aromatic carbocycles. The molecule has 4 atom stereocenters. The van der Waals surface area contributed by atoms with E-state index in [0.29, 0.717) is 12.3 Å². The second kappa shape index (κ2) is 8.69. The number of aromatic nitrogens is 4. The first-order valence-corrected chi connectivity index (χ1v) is 17.3. The molecule has 3 rings (SSSR count). The van der Waals surface area contributed by atoms with Crippen LogP contribution in [-0.2, 0) is 13.6 Å². The Morgan fingerprint density at radius 1 is 1.09 bits per heavy atom. The van der Waals surface area contributed by atoms with Gasteiger partial charge in [0.25, 0.3) is 5.56 Å². The van der Waals surface area contributed by atoms with E-state index in [2.05, 4.69) is 82.7 Å². The molecule has 3 heterocycles. The van der Waals surface area contributed by atoms with Gasteiger partial charge in [0.05, 0.1) is 19.3 Å². The number of fused-ring (bicyclic) bond motifs is 1. The summed E-state index contributed by atoms with van der Waals surface area (Å²) in [7, 11) is -4.26. The van der Waals surface area contributed by atoms with Gasteiger partial charge in [-0.15, -0.1) is 0 Å². The third kappa shape index (κ3) is 5.03. The molecule has 0 unspecified atom stereocenters. The molecule has 0 bridgehead atoms. The summed E-state index contributed by atoms with van der Waals surface area (Å²) in [6.45, 7) is 22.1. The summed E-state index contributed by atoms with van der Waals surface area (Å²) in [6.07, 6.45) is 0.0260. The van der Waals surface area contributed by atoms with Gasteiger partial charge in [-0.25, -0.2) is 9.97 Å². The lowest BCUT2D eigenvalue weighted by Gasteiger charge is -2.41. The molecule has 0 amide bonds. The minimum atomic E-state index is -2.22. The maximum absolute atomic E-state index is 12.1. The molecule has 1 aliphatic heterocycles. The maximum atomic E-state index is 12.1. The molecule has 0 spiro atoms.